The molecule has 162 valence electrons. The van der Waals surface area contributed by atoms with E-state index in [1.54, 1.807) is 12.3 Å². The Morgan fingerprint density at radius 3 is 2.72 bits per heavy atom. The highest BCUT2D eigenvalue weighted by atomic mass is 16.3. The van der Waals surface area contributed by atoms with Crippen molar-refractivity contribution in [1.82, 2.24) is 10.2 Å². The molecular formula is C26H25N3O3. The number of nitrogens with one attached hydrogen (secondary N) is 2. The van der Waals surface area contributed by atoms with Crippen molar-refractivity contribution in [2.24, 2.45) is 0 Å². The van der Waals surface area contributed by atoms with Gasteiger partial charge >= 0.3 is 0 Å². The molecule has 0 bridgehead atoms. The molecule has 1 aromatic heterocycles. The molecule has 1 saturated heterocycles. The van der Waals surface area contributed by atoms with E-state index in [9.17, 15) is 9.59 Å². The van der Waals surface area contributed by atoms with Gasteiger partial charge in [0.1, 0.15) is 5.76 Å². The smallest absolute Gasteiger partial charge is 0.256 e. The van der Waals surface area contributed by atoms with E-state index in [4.69, 9.17) is 4.42 Å². The van der Waals surface area contributed by atoms with Crippen LogP contribution in [-0.2, 0) is 4.79 Å². The summed E-state index contributed by atoms with van der Waals surface area (Å²) in [5.41, 5.74) is 4.70. The summed E-state index contributed by atoms with van der Waals surface area (Å²) in [5, 5.41) is 6.16. The largest absolute Gasteiger partial charge is 0.464 e. The number of para-hydroxylation sites is 1. The summed E-state index contributed by atoms with van der Waals surface area (Å²) in [6.07, 6.45) is 5.36. The van der Waals surface area contributed by atoms with Crippen molar-refractivity contribution >= 4 is 29.2 Å². The molecule has 0 aliphatic carbocycles. The average Bonchev–Trinajstić information content (AvgIpc) is 3.43. The Hall–Kier alpha value is -3.64. The minimum absolute atomic E-state index is 0.0615. The van der Waals surface area contributed by atoms with Crippen LogP contribution in [0.15, 0.2) is 65.3 Å². The lowest BCUT2D eigenvalue weighted by Crippen LogP contribution is -2.43. The second kappa shape index (κ2) is 8.48. The van der Waals surface area contributed by atoms with Crippen LogP contribution < -0.4 is 10.6 Å². The van der Waals surface area contributed by atoms with Crippen LogP contribution in [0.3, 0.4) is 0 Å². The Morgan fingerprint density at radius 1 is 1.09 bits per heavy atom. The van der Waals surface area contributed by atoms with Gasteiger partial charge < -0.3 is 20.0 Å². The van der Waals surface area contributed by atoms with Gasteiger partial charge in [-0.2, -0.15) is 0 Å². The fraction of sp³-hybridized carbons (Fsp3) is 0.231. The highest BCUT2D eigenvalue weighted by Gasteiger charge is 2.25. The quantitative estimate of drug-likeness (QED) is 0.610. The number of amides is 2. The lowest BCUT2D eigenvalue weighted by molar-refractivity contribution is -0.110. The van der Waals surface area contributed by atoms with Crippen LogP contribution >= 0.6 is 0 Å². The first-order valence-electron chi connectivity index (χ1n) is 10.9. The summed E-state index contributed by atoms with van der Waals surface area (Å²) >= 11 is 0. The molecule has 6 nitrogen and oxygen atoms in total. The molecule has 0 saturated carbocycles. The second-order valence-electron chi connectivity index (χ2n) is 8.23. The zero-order valence-electron chi connectivity index (χ0n) is 17.9. The maximum absolute atomic E-state index is 13.0. The Bertz CT molecular complexity index is 1200. The monoisotopic (exact) mass is 427 g/mol. The van der Waals surface area contributed by atoms with E-state index in [1.807, 2.05) is 66.5 Å². The number of carbonyl (C=O) groups is 2. The molecule has 0 unspecified atom stereocenters. The first-order valence-corrected chi connectivity index (χ1v) is 10.9. The number of hydrogen-bond acceptors (Lipinski definition) is 4. The molecule has 0 radical (unpaired) electrons. The zero-order valence-corrected chi connectivity index (χ0v) is 17.9. The summed E-state index contributed by atoms with van der Waals surface area (Å²) < 4.78 is 5.73. The van der Waals surface area contributed by atoms with Crippen LogP contribution in [0.5, 0.6) is 0 Å². The molecule has 5 rings (SSSR count). The number of furan rings is 1. The van der Waals surface area contributed by atoms with Gasteiger partial charge in [-0.25, -0.2) is 0 Å². The van der Waals surface area contributed by atoms with Gasteiger partial charge in [-0.1, -0.05) is 30.3 Å². The number of fused-ring (bicyclic) bond motifs is 1. The first-order chi connectivity index (χ1) is 15.6. The lowest BCUT2D eigenvalue weighted by Gasteiger charge is -2.31. The van der Waals surface area contributed by atoms with Crippen molar-refractivity contribution in [3.63, 3.8) is 0 Å². The number of piperidine rings is 1. The van der Waals surface area contributed by atoms with E-state index in [0.717, 1.165) is 48.3 Å². The summed E-state index contributed by atoms with van der Waals surface area (Å²) in [5.74, 6) is 0.512. The van der Waals surface area contributed by atoms with Crippen LogP contribution in [0.2, 0.25) is 0 Å². The second-order valence-corrected chi connectivity index (χ2v) is 8.23. The standard InChI is InChI=1S/C26H25N3O3/c1-27-20-9-11-29(12-10-20)26(31)18-6-4-5-17(13-18)19-14-21(32-16-19)15-23-22-7-2-3-8-24(22)28-25(23)30/h2-8,13-16,20,27H,9-12H2,1H3,(H,28,30). The van der Waals surface area contributed by atoms with Crippen molar-refractivity contribution in [2.75, 3.05) is 25.5 Å². The Kier molecular flexibility index (Phi) is 5.37. The molecule has 0 atom stereocenters. The van der Waals surface area contributed by atoms with Crippen LogP contribution in [-0.4, -0.2) is 42.9 Å². The number of rotatable bonds is 4. The van der Waals surface area contributed by atoms with Crippen molar-refractivity contribution < 1.29 is 14.0 Å². The van der Waals surface area contributed by atoms with E-state index >= 15 is 0 Å². The predicted molar refractivity (Wildman–Crippen MR) is 125 cm³/mol. The van der Waals surface area contributed by atoms with Gasteiger partial charge in [0.25, 0.3) is 11.8 Å². The fourth-order valence-electron chi connectivity index (χ4n) is 4.39. The minimum atomic E-state index is -0.140. The lowest BCUT2D eigenvalue weighted by atomic mass is 10.0. The molecule has 2 aliphatic heterocycles. The summed E-state index contributed by atoms with van der Waals surface area (Å²) in [6, 6.07) is 17.6. The first kappa shape index (κ1) is 20.3. The third-order valence-corrected chi connectivity index (χ3v) is 6.25. The van der Waals surface area contributed by atoms with E-state index in [-0.39, 0.29) is 11.8 Å². The summed E-state index contributed by atoms with van der Waals surface area (Å²) in [7, 11) is 1.97. The number of hydrogen-bond donors (Lipinski definition) is 2. The minimum Gasteiger partial charge on any atom is -0.464 e. The Labute approximate surface area is 186 Å². The molecule has 3 heterocycles. The van der Waals surface area contributed by atoms with Crippen LogP contribution in [0.1, 0.15) is 34.5 Å². The van der Waals surface area contributed by atoms with E-state index < -0.39 is 0 Å². The molecule has 1 fully saturated rings. The third-order valence-electron chi connectivity index (χ3n) is 6.25. The van der Waals surface area contributed by atoms with E-state index in [2.05, 4.69) is 10.6 Å². The molecule has 32 heavy (non-hydrogen) atoms. The maximum Gasteiger partial charge on any atom is 0.256 e. The molecule has 2 aromatic carbocycles. The fourth-order valence-corrected chi connectivity index (χ4v) is 4.39. The van der Waals surface area contributed by atoms with Gasteiger partial charge in [0.2, 0.25) is 0 Å². The average molecular weight is 428 g/mol. The topological polar surface area (TPSA) is 74.6 Å². The van der Waals surface area contributed by atoms with Gasteiger partial charge in [-0.3, -0.25) is 9.59 Å². The molecule has 2 amide bonds. The maximum atomic E-state index is 13.0. The zero-order chi connectivity index (χ0) is 22.1. The Morgan fingerprint density at radius 2 is 1.91 bits per heavy atom. The van der Waals surface area contributed by atoms with Gasteiger partial charge in [-0.15, -0.1) is 0 Å². The molecule has 6 heteroatoms. The molecule has 3 aromatic rings. The molecular weight excluding hydrogens is 402 g/mol. The SMILES string of the molecule is CNC1CCN(C(=O)c2cccc(-c3coc(C=C4C(=O)Nc5ccccc54)c3)c2)CC1. The highest BCUT2D eigenvalue weighted by Crippen LogP contribution is 2.33. The van der Waals surface area contributed by atoms with Gasteiger partial charge in [0.15, 0.2) is 0 Å². The number of likely N-dealkylation sites (tertiary alicyclic amines) is 1. The van der Waals surface area contributed by atoms with Crippen molar-refractivity contribution in [2.45, 2.75) is 18.9 Å². The highest BCUT2D eigenvalue weighted by molar-refractivity contribution is 6.34. The van der Waals surface area contributed by atoms with Crippen LogP contribution in [0.25, 0.3) is 22.8 Å². The van der Waals surface area contributed by atoms with E-state index in [0.29, 0.717) is 22.9 Å². The van der Waals surface area contributed by atoms with Gasteiger partial charge in [-0.05, 0) is 55.8 Å². The van der Waals surface area contributed by atoms with Crippen LogP contribution in [0.4, 0.5) is 5.69 Å². The summed E-state index contributed by atoms with van der Waals surface area (Å²) in [4.78, 5) is 27.3. The molecule has 2 aliphatic rings. The van der Waals surface area contributed by atoms with Crippen LogP contribution in [0, 0.1) is 0 Å². The molecule has 0 spiro atoms. The van der Waals surface area contributed by atoms with Gasteiger partial charge in [0, 0.05) is 41.5 Å². The van der Waals surface area contributed by atoms with Crippen molar-refractivity contribution in [3.05, 3.63) is 77.7 Å². The number of nitrogens with zero attached hydrogens (tertiary/aromatic N) is 1. The number of carbonyl (C=O) groups excluding carboxylic acids is 2. The predicted octanol–water partition coefficient (Wildman–Crippen LogP) is 4.26. The molecule has 2 N–H and O–H groups in total. The van der Waals surface area contributed by atoms with E-state index in [1.165, 1.54) is 0 Å². The van der Waals surface area contributed by atoms with Crippen molar-refractivity contribution in [1.29, 1.82) is 0 Å². The number of benzene rings is 2. The summed E-state index contributed by atoms with van der Waals surface area (Å²) in [6.45, 7) is 1.53. The van der Waals surface area contributed by atoms with Gasteiger partial charge in [0.05, 0.1) is 11.8 Å². The number of anilines is 1. The Balaban J connectivity index is 1.36. The third kappa shape index (κ3) is 3.85. The normalized spacial score (nSPS) is 17.5. The van der Waals surface area contributed by atoms with Crippen molar-refractivity contribution in [3.8, 4) is 11.1 Å².